The predicted octanol–water partition coefficient (Wildman–Crippen LogP) is 3.92. The van der Waals surface area contributed by atoms with Crippen LogP contribution in [0.15, 0.2) is 48.5 Å². The number of carbonyl (C=O) groups is 3. The Kier molecular flexibility index (Phi) is 7.87. The van der Waals surface area contributed by atoms with E-state index in [9.17, 15) is 14.4 Å². The number of amides is 2. The Balaban J connectivity index is 1.42. The van der Waals surface area contributed by atoms with Gasteiger partial charge in [0.1, 0.15) is 12.6 Å². The highest BCUT2D eigenvalue weighted by atomic mass is 16.5. The van der Waals surface area contributed by atoms with Crippen molar-refractivity contribution in [3.8, 4) is 11.1 Å². The number of alkyl carbamates (subject to hydrolysis) is 1. The molecule has 1 unspecified atom stereocenters. The lowest BCUT2D eigenvalue weighted by atomic mass is 9.98. The standard InChI is InChI=1S/C25H30N2O5/c1-3-22(24(29)30)27-23(28)16(2)9-8-14-26-25(31)32-15-21-19-12-6-4-10-17(19)18-11-5-7-13-20(18)21/h4-7,10-13,16,21-22H,3,8-9,14-15H2,1-2H3,(H,26,31)(H,27,28)(H,29,30)/t16?,22-/m1/s1. The van der Waals surface area contributed by atoms with Gasteiger partial charge in [-0.05, 0) is 41.5 Å². The van der Waals surface area contributed by atoms with Crippen molar-refractivity contribution in [2.45, 2.75) is 45.1 Å². The molecule has 0 spiro atoms. The van der Waals surface area contributed by atoms with Crippen LogP contribution in [0.1, 0.15) is 50.2 Å². The van der Waals surface area contributed by atoms with Gasteiger partial charge in [0.05, 0.1) is 0 Å². The molecule has 0 aliphatic heterocycles. The first-order chi connectivity index (χ1) is 15.4. The maximum Gasteiger partial charge on any atom is 0.407 e. The van der Waals surface area contributed by atoms with Crippen molar-refractivity contribution in [2.75, 3.05) is 13.2 Å². The van der Waals surface area contributed by atoms with Gasteiger partial charge in [-0.2, -0.15) is 0 Å². The molecule has 170 valence electrons. The number of aliphatic carboxylic acids is 1. The minimum absolute atomic E-state index is 0.0117. The second-order valence-corrected chi connectivity index (χ2v) is 8.10. The number of benzene rings is 2. The van der Waals surface area contributed by atoms with E-state index >= 15 is 0 Å². The summed E-state index contributed by atoms with van der Waals surface area (Å²) in [6, 6.07) is 15.5. The summed E-state index contributed by atoms with van der Waals surface area (Å²) in [6.45, 7) is 4.09. The van der Waals surface area contributed by atoms with E-state index in [2.05, 4.69) is 34.9 Å². The van der Waals surface area contributed by atoms with Crippen LogP contribution in [0.2, 0.25) is 0 Å². The summed E-state index contributed by atoms with van der Waals surface area (Å²) >= 11 is 0. The molecule has 1 aliphatic carbocycles. The zero-order valence-corrected chi connectivity index (χ0v) is 18.5. The van der Waals surface area contributed by atoms with Crippen molar-refractivity contribution in [1.82, 2.24) is 10.6 Å². The molecule has 3 rings (SSSR count). The number of hydrogen-bond donors (Lipinski definition) is 3. The van der Waals surface area contributed by atoms with E-state index in [4.69, 9.17) is 9.84 Å². The predicted molar refractivity (Wildman–Crippen MR) is 121 cm³/mol. The smallest absolute Gasteiger partial charge is 0.407 e. The first-order valence-corrected chi connectivity index (χ1v) is 11.0. The van der Waals surface area contributed by atoms with E-state index in [0.29, 0.717) is 25.8 Å². The third-order valence-corrected chi connectivity index (χ3v) is 5.90. The Morgan fingerprint density at radius 1 is 1.03 bits per heavy atom. The molecule has 2 atom stereocenters. The molecule has 3 N–H and O–H groups in total. The summed E-state index contributed by atoms with van der Waals surface area (Å²) in [5.41, 5.74) is 4.68. The van der Waals surface area contributed by atoms with Gasteiger partial charge < -0.3 is 20.5 Å². The van der Waals surface area contributed by atoms with Gasteiger partial charge in [0.2, 0.25) is 5.91 Å². The molecular weight excluding hydrogens is 408 g/mol. The van der Waals surface area contributed by atoms with Crippen LogP contribution >= 0.6 is 0 Å². The number of carboxylic acids is 1. The van der Waals surface area contributed by atoms with Gasteiger partial charge in [-0.25, -0.2) is 9.59 Å². The molecule has 0 saturated carbocycles. The fourth-order valence-corrected chi connectivity index (χ4v) is 4.03. The molecule has 7 heteroatoms. The summed E-state index contributed by atoms with van der Waals surface area (Å²) in [4.78, 5) is 35.3. The molecule has 2 aromatic rings. The highest BCUT2D eigenvalue weighted by Gasteiger charge is 2.29. The van der Waals surface area contributed by atoms with Crippen LogP contribution < -0.4 is 10.6 Å². The summed E-state index contributed by atoms with van der Waals surface area (Å²) in [5.74, 6) is -1.66. The average Bonchev–Trinajstić information content (AvgIpc) is 3.12. The maximum absolute atomic E-state index is 12.2. The normalized spacial score (nSPS) is 14.1. The molecular formula is C25H30N2O5. The summed E-state index contributed by atoms with van der Waals surface area (Å²) in [6.07, 6.45) is 0.964. The Bertz CT molecular complexity index is 929. The van der Waals surface area contributed by atoms with Crippen LogP contribution in [0.3, 0.4) is 0 Å². The van der Waals surface area contributed by atoms with Crippen LogP contribution in [-0.2, 0) is 14.3 Å². The number of carbonyl (C=O) groups excluding carboxylic acids is 2. The van der Waals surface area contributed by atoms with Crippen molar-refractivity contribution in [3.05, 3.63) is 59.7 Å². The maximum atomic E-state index is 12.2. The SMILES string of the molecule is CC[C@@H](NC(=O)C(C)CCCNC(=O)OCC1c2ccccc2-c2ccccc21)C(=O)O. The molecule has 2 amide bonds. The third-order valence-electron chi connectivity index (χ3n) is 5.90. The van der Waals surface area contributed by atoms with E-state index in [1.54, 1.807) is 13.8 Å². The zero-order chi connectivity index (χ0) is 23.1. The highest BCUT2D eigenvalue weighted by Crippen LogP contribution is 2.44. The minimum Gasteiger partial charge on any atom is -0.480 e. The largest absolute Gasteiger partial charge is 0.480 e. The summed E-state index contributed by atoms with van der Waals surface area (Å²) in [5, 5.41) is 14.3. The van der Waals surface area contributed by atoms with Gasteiger partial charge in [-0.3, -0.25) is 4.79 Å². The minimum atomic E-state index is -1.04. The van der Waals surface area contributed by atoms with Gasteiger partial charge >= 0.3 is 12.1 Å². The highest BCUT2D eigenvalue weighted by molar-refractivity contribution is 5.84. The van der Waals surface area contributed by atoms with Gasteiger partial charge in [-0.1, -0.05) is 62.4 Å². The van der Waals surface area contributed by atoms with E-state index in [1.807, 2.05) is 24.3 Å². The molecule has 0 heterocycles. The lowest BCUT2D eigenvalue weighted by Crippen LogP contribution is -2.42. The fourth-order valence-electron chi connectivity index (χ4n) is 4.03. The summed E-state index contributed by atoms with van der Waals surface area (Å²) < 4.78 is 5.49. The molecule has 2 aromatic carbocycles. The number of rotatable bonds is 10. The lowest BCUT2D eigenvalue weighted by Gasteiger charge is -2.17. The van der Waals surface area contributed by atoms with E-state index in [1.165, 1.54) is 11.1 Å². The lowest BCUT2D eigenvalue weighted by molar-refractivity contribution is -0.142. The topological polar surface area (TPSA) is 105 Å². The molecule has 0 saturated heterocycles. The van der Waals surface area contributed by atoms with Crippen LogP contribution in [0.25, 0.3) is 11.1 Å². The second kappa shape index (κ2) is 10.8. The number of ether oxygens (including phenoxy) is 1. The second-order valence-electron chi connectivity index (χ2n) is 8.10. The Morgan fingerprint density at radius 2 is 1.62 bits per heavy atom. The number of carboxylic acid groups (broad SMARTS) is 1. The number of fused-ring (bicyclic) bond motifs is 3. The van der Waals surface area contributed by atoms with Crippen molar-refractivity contribution >= 4 is 18.0 Å². The van der Waals surface area contributed by atoms with Gasteiger partial charge in [0.15, 0.2) is 0 Å². The van der Waals surface area contributed by atoms with Crippen LogP contribution in [0.5, 0.6) is 0 Å². The molecule has 0 radical (unpaired) electrons. The Labute approximate surface area is 188 Å². The van der Waals surface area contributed by atoms with Crippen molar-refractivity contribution in [1.29, 1.82) is 0 Å². The van der Waals surface area contributed by atoms with Crippen LogP contribution in [-0.4, -0.2) is 42.3 Å². The first kappa shape index (κ1) is 23.3. The number of hydrogen-bond acceptors (Lipinski definition) is 4. The average molecular weight is 439 g/mol. The fraction of sp³-hybridized carbons (Fsp3) is 0.400. The molecule has 0 fully saturated rings. The monoisotopic (exact) mass is 438 g/mol. The van der Waals surface area contributed by atoms with Gasteiger partial charge in [0.25, 0.3) is 0 Å². The molecule has 1 aliphatic rings. The first-order valence-electron chi connectivity index (χ1n) is 11.0. The zero-order valence-electron chi connectivity index (χ0n) is 18.5. The molecule has 0 aromatic heterocycles. The van der Waals surface area contributed by atoms with E-state index in [-0.39, 0.29) is 24.3 Å². The molecule has 32 heavy (non-hydrogen) atoms. The van der Waals surface area contributed by atoms with E-state index in [0.717, 1.165) is 11.1 Å². The Hall–Kier alpha value is -3.35. The van der Waals surface area contributed by atoms with Crippen molar-refractivity contribution in [3.63, 3.8) is 0 Å². The van der Waals surface area contributed by atoms with Crippen molar-refractivity contribution in [2.24, 2.45) is 5.92 Å². The quantitative estimate of drug-likeness (QED) is 0.488. The molecule has 7 nitrogen and oxygen atoms in total. The summed E-state index contributed by atoms with van der Waals surface area (Å²) in [7, 11) is 0. The third kappa shape index (κ3) is 5.46. The Morgan fingerprint density at radius 3 is 2.19 bits per heavy atom. The van der Waals surface area contributed by atoms with Crippen LogP contribution in [0.4, 0.5) is 4.79 Å². The van der Waals surface area contributed by atoms with Crippen molar-refractivity contribution < 1.29 is 24.2 Å². The van der Waals surface area contributed by atoms with E-state index < -0.39 is 18.1 Å². The molecule has 0 bridgehead atoms. The van der Waals surface area contributed by atoms with Gasteiger partial charge in [0, 0.05) is 18.4 Å². The number of nitrogens with one attached hydrogen (secondary N) is 2. The van der Waals surface area contributed by atoms with Crippen LogP contribution in [0, 0.1) is 5.92 Å². The van der Waals surface area contributed by atoms with Gasteiger partial charge in [-0.15, -0.1) is 0 Å².